The van der Waals surface area contributed by atoms with E-state index in [1.54, 1.807) is 16.3 Å². The van der Waals surface area contributed by atoms with Gasteiger partial charge in [-0.05, 0) is 28.4 Å². The van der Waals surface area contributed by atoms with E-state index in [-0.39, 0.29) is 5.41 Å². The Morgan fingerprint density at radius 1 is 1.11 bits per heavy atom. The molecule has 0 radical (unpaired) electrons. The molecule has 1 heterocycles. The summed E-state index contributed by atoms with van der Waals surface area (Å²) in [5.74, 6) is 0. The Kier molecular flexibility index (Phi) is 3.05. The van der Waals surface area contributed by atoms with Gasteiger partial charge in [0.05, 0.1) is 8.07 Å². The zero-order valence-corrected chi connectivity index (χ0v) is 14.1. The van der Waals surface area contributed by atoms with E-state index in [1.165, 1.54) is 12.5 Å². The average Bonchev–Trinajstić information content (AvgIpc) is 2.23. The van der Waals surface area contributed by atoms with Crippen molar-refractivity contribution in [2.45, 2.75) is 71.0 Å². The average molecular weight is 260 g/mol. The van der Waals surface area contributed by atoms with Crippen LogP contribution in [0.5, 0.6) is 0 Å². The predicted molar refractivity (Wildman–Crippen MR) is 84.7 cm³/mol. The Balaban J connectivity index is 2.76. The summed E-state index contributed by atoms with van der Waals surface area (Å²) in [5, 5.41) is 1.76. The van der Waals surface area contributed by atoms with Gasteiger partial charge in [-0.15, -0.1) is 0 Å². The molecule has 1 aromatic rings. The number of hydrogen-bond donors (Lipinski definition) is 0. The number of fused-ring (bicyclic) bond motifs is 1. The Hall–Kier alpha value is -0.563. The quantitative estimate of drug-likeness (QED) is 0.599. The smallest absolute Gasteiger partial charge is 0.0654 e. The molecule has 1 aliphatic rings. The molecule has 0 N–H and O–H groups in total. The maximum atomic E-state index is 2.55. The van der Waals surface area contributed by atoms with E-state index in [2.05, 4.69) is 65.9 Å². The van der Waals surface area contributed by atoms with Crippen LogP contribution in [0.15, 0.2) is 18.2 Å². The molecule has 0 aromatic heterocycles. The second kappa shape index (κ2) is 3.96. The van der Waals surface area contributed by atoms with E-state index in [0.717, 1.165) is 0 Å². The maximum absolute atomic E-state index is 2.55. The molecule has 1 aliphatic heterocycles. The summed E-state index contributed by atoms with van der Waals surface area (Å²) in [5.41, 5.74) is 3.87. The number of benzene rings is 1. The predicted octanol–water partition coefficient (Wildman–Crippen LogP) is 4.58. The lowest BCUT2D eigenvalue weighted by Gasteiger charge is -2.43. The van der Waals surface area contributed by atoms with Crippen LogP contribution in [0, 0.1) is 0 Å². The fourth-order valence-corrected chi connectivity index (χ4v) is 7.19. The lowest BCUT2D eigenvalue weighted by molar-refractivity contribution is 0.494. The summed E-state index contributed by atoms with van der Waals surface area (Å²) in [6.07, 6.45) is 1.35. The lowest BCUT2D eigenvalue weighted by Crippen LogP contribution is -2.54. The summed E-state index contributed by atoms with van der Waals surface area (Å²) in [7, 11) is -1.25. The molecule has 2 rings (SSSR count). The van der Waals surface area contributed by atoms with Gasteiger partial charge in [-0.25, -0.2) is 0 Å². The molecular weight excluding hydrogens is 232 g/mol. The summed E-state index contributed by atoms with van der Waals surface area (Å²) in [6.45, 7) is 17.0. The largest absolute Gasteiger partial charge is 0.0814 e. The molecule has 0 saturated heterocycles. The van der Waals surface area contributed by atoms with Gasteiger partial charge in [0.15, 0.2) is 0 Å². The number of hydrogen-bond acceptors (Lipinski definition) is 0. The van der Waals surface area contributed by atoms with E-state index in [0.29, 0.717) is 5.41 Å². The van der Waals surface area contributed by atoms with Gasteiger partial charge >= 0.3 is 0 Å². The third-order valence-corrected chi connectivity index (χ3v) is 8.05. The van der Waals surface area contributed by atoms with E-state index in [9.17, 15) is 0 Å². The van der Waals surface area contributed by atoms with Crippen molar-refractivity contribution in [3.63, 3.8) is 0 Å². The molecule has 0 unspecified atom stereocenters. The van der Waals surface area contributed by atoms with Crippen molar-refractivity contribution in [1.29, 1.82) is 0 Å². The molecule has 0 atom stereocenters. The van der Waals surface area contributed by atoms with Crippen LogP contribution in [0.1, 0.15) is 52.2 Å². The molecular formula is C17H28Si. The first kappa shape index (κ1) is 13.9. The summed E-state index contributed by atoms with van der Waals surface area (Å²) in [4.78, 5) is 0. The van der Waals surface area contributed by atoms with Crippen molar-refractivity contribution in [3.8, 4) is 0 Å². The maximum Gasteiger partial charge on any atom is 0.0814 e. The standard InChI is InChI=1S/C17H28Si/c1-16(2,3)13-9-8-10-14-15(13)18(6,7)12-11-17(14,4)5/h8-10H,11-12H2,1-7H3. The van der Waals surface area contributed by atoms with Gasteiger partial charge in [-0.2, -0.15) is 0 Å². The highest BCUT2D eigenvalue weighted by atomic mass is 28.3. The molecule has 0 amide bonds. The topological polar surface area (TPSA) is 0 Å². The summed E-state index contributed by atoms with van der Waals surface area (Å²) < 4.78 is 0. The first-order chi connectivity index (χ1) is 8.06. The van der Waals surface area contributed by atoms with E-state index in [4.69, 9.17) is 0 Å². The Bertz CT molecular complexity index is 447. The zero-order chi connectivity index (χ0) is 13.8. The van der Waals surface area contributed by atoms with Crippen molar-refractivity contribution in [2.75, 3.05) is 0 Å². The second-order valence-electron chi connectivity index (χ2n) is 8.25. The molecule has 0 saturated carbocycles. The van der Waals surface area contributed by atoms with Crippen LogP contribution in [0.3, 0.4) is 0 Å². The monoisotopic (exact) mass is 260 g/mol. The molecule has 18 heavy (non-hydrogen) atoms. The van der Waals surface area contributed by atoms with E-state index >= 15 is 0 Å². The van der Waals surface area contributed by atoms with Gasteiger partial charge in [0.2, 0.25) is 0 Å². The molecule has 0 nitrogen and oxygen atoms in total. The van der Waals surface area contributed by atoms with Crippen molar-refractivity contribution in [1.82, 2.24) is 0 Å². The molecule has 1 aromatic carbocycles. The fraction of sp³-hybridized carbons (Fsp3) is 0.647. The lowest BCUT2D eigenvalue weighted by atomic mass is 9.77. The van der Waals surface area contributed by atoms with Crippen LogP contribution in [0.2, 0.25) is 19.1 Å². The Morgan fingerprint density at radius 2 is 1.72 bits per heavy atom. The minimum absolute atomic E-state index is 0.267. The van der Waals surface area contributed by atoms with Gasteiger partial charge in [-0.1, -0.05) is 77.1 Å². The first-order valence-corrected chi connectivity index (χ1v) is 10.4. The normalized spacial score (nSPS) is 21.5. The Labute approximate surface area is 114 Å². The van der Waals surface area contributed by atoms with Gasteiger partial charge in [0, 0.05) is 0 Å². The van der Waals surface area contributed by atoms with Crippen molar-refractivity contribution in [2.24, 2.45) is 0 Å². The highest BCUT2D eigenvalue weighted by Crippen LogP contribution is 2.39. The van der Waals surface area contributed by atoms with Gasteiger partial charge in [0.25, 0.3) is 0 Å². The van der Waals surface area contributed by atoms with Gasteiger partial charge in [0.1, 0.15) is 0 Å². The van der Waals surface area contributed by atoms with E-state index in [1.807, 2.05) is 0 Å². The third kappa shape index (κ3) is 2.18. The van der Waals surface area contributed by atoms with Gasteiger partial charge < -0.3 is 0 Å². The number of rotatable bonds is 0. The van der Waals surface area contributed by atoms with Crippen LogP contribution < -0.4 is 5.19 Å². The second-order valence-corrected chi connectivity index (χ2v) is 13.0. The van der Waals surface area contributed by atoms with Gasteiger partial charge in [-0.3, -0.25) is 0 Å². The minimum Gasteiger partial charge on any atom is -0.0654 e. The van der Waals surface area contributed by atoms with Crippen molar-refractivity contribution in [3.05, 3.63) is 29.3 Å². The van der Waals surface area contributed by atoms with Crippen LogP contribution in [-0.4, -0.2) is 8.07 Å². The van der Waals surface area contributed by atoms with Crippen LogP contribution in [0.4, 0.5) is 0 Å². The highest BCUT2D eigenvalue weighted by Gasteiger charge is 2.41. The minimum atomic E-state index is -1.25. The van der Waals surface area contributed by atoms with Crippen LogP contribution in [0.25, 0.3) is 0 Å². The SMILES string of the molecule is CC(C)(C)c1cccc2c1[Si](C)(C)CCC2(C)C. The summed E-state index contributed by atoms with van der Waals surface area (Å²) >= 11 is 0. The van der Waals surface area contributed by atoms with Crippen molar-refractivity contribution >= 4 is 13.3 Å². The molecule has 0 fully saturated rings. The molecule has 1 heteroatoms. The first-order valence-electron chi connectivity index (χ1n) is 7.20. The zero-order valence-electron chi connectivity index (χ0n) is 13.1. The van der Waals surface area contributed by atoms with Crippen LogP contribution in [-0.2, 0) is 10.8 Å². The highest BCUT2D eigenvalue weighted by molar-refractivity contribution is 6.90. The molecule has 0 bridgehead atoms. The Morgan fingerprint density at radius 3 is 2.28 bits per heavy atom. The third-order valence-electron chi connectivity index (χ3n) is 4.65. The fourth-order valence-electron chi connectivity index (χ4n) is 3.36. The van der Waals surface area contributed by atoms with Crippen LogP contribution >= 0.6 is 0 Å². The summed E-state index contributed by atoms with van der Waals surface area (Å²) in [6, 6.07) is 8.46. The molecule has 0 aliphatic carbocycles. The van der Waals surface area contributed by atoms with Crippen molar-refractivity contribution < 1.29 is 0 Å². The van der Waals surface area contributed by atoms with E-state index < -0.39 is 8.07 Å². The molecule has 0 spiro atoms. The molecule has 100 valence electrons.